The molecule has 0 unspecified atom stereocenters. The molecule has 5 nitrogen and oxygen atoms in total. The van der Waals surface area contributed by atoms with E-state index in [-0.39, 0.29) is 5.91 Å². The fourth-order valence-electron chi connectivity index (χ4n) is 2.10. The summed E-state index contributed by atoms with van der Waals surface area (Å²) < 4.78 is 10.6. The number of hydrogen-bond donors (Lipinski definition) is 2. The van der Waals surface area contributed by atoms with Crippen LogP contribution < -0.4 is 5.32 Å². The van der Waals surface area contributed by atoms with Crippen LogP contribution in [0.4, 0.5) is 5.69 Å². The van der Waals surface area contributed by atoms with Crippen LogP contribution in [0.1, 0.15) is 19.5 Å². The van der Waals surface area contributed by atoms with Gasteiger partial charge in [-0.1, -0.05) is 0 Å². The molecule has 114 valence electrons. The lowest BCUT2D eigenvalue weighted by atomic mass is 10.2. The summed E-state index contributed by atoms with van der Waals surface area (Å²) in [6.07, 6.45) is -0.505. The van der Waals surface area contributed by atoms with Crippen LogP contribution in [-0.2, 0) is 14.3 Å². The second-order valence-corrected chi connectivity index (χ2v) is 4.95. The first kappa shape index (κ1) is 15.5. The number of hydrogen-bond acceptors (Lipinski definition) is 3. The van der Waals surface area contributed by atoms with Crippen LogP contribution in [-0.4, -0.2) is 36.8 Å². The molecular weight excluding hydrogens is 268 g/mol. The molecule has 21 heavy (non-hydrogen) atoms. The van der Waals surface area contributed by atoms with E-state index in [2.05, 4.69) is 10.3 Å². The smallest absolute Gasteiger partial charge is 0.253 e. The molecule has 2 N–H and O–H groups in total. The number of benzene rings is 1. The molecule has 0 aliphatic heterocycles. The summed E-state index contributed by atoms with van der Waals surface area (Å²) in [5.41, 5.74) is 2.93. The van der Waals surface area contributed by atoms with Crippen molar-refractivity contribution < 1.29 is 14.3 Å². The van der Waals surface area contributed by atoms with Gasteiger partial charge in [-0.3, -0.25) is 4.79 Å². The predicted molar refractivity (Wildman–Crippen MR) is 83.6 cm³/mol. The number of fused-ring (bicyclic) bond motifs is 1. The number of anilines is 1. The molecule has 1 amide bonds. The Morgan fingerprint density at radius 3 is 2.90 bits per heavy atom. The Balaban J connectivity index is 1.90. The van der Waals surface area contributed by atoms with Crippen molar-refractivity contribution in [1.29, 1.82) is 0 Å². The van der Waals surface area contributed by atoms with E-state index >= 15 is 0 Å². The molecule has 0 fully saturated rings. The molecular formula is C16H22N2O3. The number of amides is 1. The van der Waals surface area contributed by atoms with E-state index in [0.29, 0.717) is 19.8 Å². The number of aromatic nitrogens is 1. The summed E-state index contributed by atoms with van der Waals surface area (Å²) in [5.74, 6) is -0.155. The van der Waals surface area contributed by atoms with Crippen molar-refractivity contribution in [3.05, 3.63) is 30.0 Å². The van der Waals surface area contributed by atoms with Gasteiger partial charge in [0.1, 0.15) is 6.10 Å². The molecule has 0 radical (unpaired) electrons. The highest BCUT2D eigenvalue weighted by Crippen LogP contribution is 2.20. The van der Waals surface area contributed by atoms with Gasteiger partial charge >= 0.3 is 0 Å². The highest BCUT2D eigenvalue weighted by atomic mass is 16.5. The van der Waals surface area contributed by atoms with Crippen LogP contribution in [0.5, 0.6) is 0 Å². The lowest BCUT2D eigenvalue weighted by Gasteiger charge is -2.13. The fraction of sp³-hybridized carbons (Fsp3) is 0.438. The van der Waals surface area contributed by atoms with Crippen molar-refractivity contribution in [2.24, 2.45) is 0 Å². The third-order valence-electron chi connectivity index (χ3n) is 3.19. The first-order valence-corrected chi connectivity index (χ1v) is 7.19. The van der Waals surface area contributed by atoms with Crippen LogP contribution in [0.2, 0.25) is 0 Å². The molecule has 1 aromatic heterocycles. The minimum Gasteiger partial charge on any atom is -0.379 e. The second-order valence-electron chi connectivity index (χ2n) is 4.95. The predicted octanol–water partition coefficient (Wildman–Crippen LogP) is 2.86. The van der Waals surface area contributed by atoms with Gasteiger partial charge in [0.25, 0.3) is 5.91 Å². The first-order valence-electron chi connectivity index (χ1n) is 7.19. The number of aryl methyl sites for hydroxylation is 1. The highest BCUT2D eigenvalue weighted by Gasteiger charge is 2.13. The van der Waals surface area contributed by atoms with Crippen molar-refractivity contribution in [3.8, 4) is 0 Å². The molecule has 0 saturated carbocycles. The number of carbonyl (C=O) groups excluding carboxylic acids is 1. The Bertz CT molecular complexity index is 607. The number of ether oxygens (including phenoxy) is 2. The summed E-state index contributed by atoms with van der Waals surface area (Å²) in [4.78, 5) is 15.3. The molecule has 2 rings (SSSR count). The van der Waals surface area contributed by atoms with Gasteiger partial charge in [0, 0.05) is 28.9 Å². The standard InChI is InChI=1S/C16H22N2O3/c1-4-20-7-8-21-12(3)16(19)18-14-5-6-15-13(10-14)9-11(2)17-15/h5-6,9-10,12,17H,4,7-8H2,1-3H3,(H,18,19)/t12-/m0/s1. The molecule has 0 bridgehead atoms. The van der Waals surface area contributed by atoms with E-state index < -0.39 is 6.10 Å². The first-order chi connectivity index (χ1) is 10.1. The van der Waals surface area contributed by atoms with Crippen molar-refractivity contribution in [3.63, 3.8) is 0 Å². The molecule has 1 aromatic carbocycles. The summed E-state index contributed by atoms with van der Waals surface area (Å²) in [5, 5.41) is 3.94. The topological polar surface area (TPSA) is 63.4 Å². The van der Waals surface area contributed by atoms with E-state index in [1.807, 2.05) is 38.1 Å². The monoisotopic (exact) mass is 290 g/mol. The highest BCUT2D eigenvalue weighted by molar-refractivity contribution is 5.96. The van der Waals surface area contributed by atoms with Crippen LogP contribution in [0.25, 0.3) is 10.9 Å². The van der Waals surface area contributed by atoms with Gasteiger partial charge in [-0.15, -0.1) is 0 Å². The number of H-pyrrole nitrogens is 1. The summed E-state index contributed by atoms with van der Waals surface area (Å²) in [6, 6.07) is 7.83. The zero-order valence-electron chi connectivity index (χ0n) is 12.7. The Kier molecular flexibility index (Phi) is 5.36. The van der Waals surface area contributed by atoms with Gasteiger partial charge < -0.3 is 19.8 Å². The third-order valence-corrected chi connectivity index (χ3v) is 3.19. The van der Waals surface area contributed by atoms with Gasteiger partial charge in [0.15, 0.2) is 0 Å². The van der Waals surface area contributed by atoms with E-state index in [1.54, 1.807) is 6.92 Å². The number of rotatable bonds is 7. The van der Waals surface area contributed by atoms with Crippen molar-refractivity contribution in [1.82, 2.24) is 4.98 Å². The number of nitrogens with one attached hydrogen (secondary N) is 2. The lowest BCUT2D eigenvalue weighted by molar-refractivity contribution is -0.127. The fourth-order valence-corrected chi connectivity index (χ4v) is 2.10. The Hall–Kier alpha value is -1.85. The average Bonchev–Trinajstić information content (AvgIpc) is 2.82. The van der Waals surface area contributed by atoms with Gasteiger partial charge in [0.05, 0.1) is 13.2 Å². The molecule has 1 atom stereocenters. The maximum absolute atomic E-state index is 12.0. The quantitative estimate of drug-likeness (QED) is 0.771. The number of carbonyl (C=O) groups is 1. The largest absolute Gasteiger partial charge is 0.379 e. The Morgan fingerprint density at radius 1 is 1.33 bits per heavy atom. The van der Waals surface area contributed by atoms with Crippen molar-refractivity contribution in [2.45, 2.75) is 26.9 Å². The Morgan fingerprint density at radius 2 is 2.14 bits per heavy atom. The maximum Gasteiger partial charge on any atom is 0.253 e. The molecule has 0 aliphatic rings. The minimum absolute atomic E-state index is 0.155. The molecule has 0 saturated heterocycles. The minimum atomic E-state index is -0.505. The SMILES string of the molecule is CCOCCO[C@@H](C)C(=O)Nc1ccc2[nH]c(C)cc2c1. The maximum atomic E-state index is 12.0. The third kappa shape index (κ3) is 4.31. The summed E-state index contributed by atoms with van der Waals surface area (Å²) >= 11 is 0. The summed E-state index contributed by atoms with van der Waals surface area (Å²) in [7, 11) is 0. The van der Waals surface area contributed by atoms with Crippen LogP contribution in [0.3, 0.4) is 0 Å². The lowest BCUT2D eigenvalue weighted by Crippen LogP contribution is -2.28. The summed E-state index contributed by atoms with van der Waals surface area (Å²) in [6.45, 7) is 7.24. The Labute approximate surface area is 124 Å². The van der Waals surface area contributed by atoms with Gasteiger partial charge in [-0.2, -0.15) is 0 Å². The molecule has 2 aromatic rings. The average molecular weight is 290 g/mol. The zero-order valence-corrected chi connectivity index (χ0v) is 12.7. The van der Waals surface area contributed by atoms with Gasteiger partial charge in [0.2, 0.25) is 0 Å². The van der Waals surface area contributed by atoms with Crippen molar-refractivity contribution in [2.75, 3.05) is 25.1 Å². The van der Waals surface area contributed by atoms with Gasteiger partial charge in [-0.05, 0) is 45.0 Å². The molecule has 5 heteroatoms. The van der Waals surface area contributed by atoms with Gasteiger partial charge in [-0.25, -0.2) is 0 Å². The molecule has 0 aliphatic carbocycles. The molecule has 0 spiro atoms. The van der Waals surface area contributed by atoms with E-state index in [1.165, 1.54) is 0 Å². The van der Waals surface area contributed by atoms with Crippen LogP contribution in [0, 0.1) is 6.92 Å². The number of aromatic amines is 1. The molecule has 1 heterocycles. The van der Waals surface area contributed by atoms with Crippen molar-refractivity contribution >= 4 is 22.5 Å². The van der Waals surface area contributed by atoms with E-state index in [4.69, 9.17) is 9.47 Å². The van der Waals surface area contributed by atoms with E-state index in [0.717, 1.165) is 22.3 Å². The van der Waals surface area contributed by atoms with Crippen LogP contribution >= 0.6 is 0 Å². The second kappa shape index (κ2) is 7.24. The van der Waals surface area contributed by atoms with E-state index in [9.17, 15) is 4.79 Å². The normalized spacial score (nSPS) is 12.5. The van der Waals surface area contributed by atoms with Crippen LogP contribution in [0.15, 0.2) is 24.3 Å². The zero-order chi connectivity index (χ0) is 15.2.